The first-order valence-electron chi connectivity index (χ1n) is 8.81. The van der Waals surface area contributed by atoms with Crippen LogP contribution >= 0.6 is 0 Å². The molecule has 0 amide bonds. The molecule has 1 heterocycles. The van der Waals surface area contributed by atoms with Crippen molar-refractivity contribution in [1.29, 1.82) is 0 Å². The second kappa shape index (κ2) is 8.43. The van der Waals surface area contributed by atoms with Gasteiger partial charge in [-0.15, -0.1) is 0 Å². The number of piperazine rings is 1. The van der Waals surface area contributed by atoms with Crippen LogP contribution in [0.25, 0.3) is 0 Å². The van der Waals surface area contributed by atoms with Gasteiger partial charge in [-0.2, -0.15) is 0 Å². The summed E-state index contributed by atoms with van der Waals surface area (Å²) in [7, 11) is -3.25. The molecule has 0 unspecified atom stereocenters. The summed E-state index contributed by atoms with van der Waals surface area (Å²) < 4.78 is 27.4. The molecule has 2 rings (SSSR count). The summed E-state index contributed by atoms with van der Waals surface area (Å²) in [4.78, 5) is 4.81. The summed E-state index contributed by atoms with van der Waals surface area (Å²) in [5.74, 6) is 0.136. The van der Waals surface area contributed by atoms with Crippen molar-refractivity contribution < 1.29 is 8.42 Å². The minimum Gasteiger partial charge on any atom is -0.301 e. The molecule has 0 radical (unpaired) electrons. The maximum Gasteiger partial charge on any atom is 0.211 e. The quantitative estimate of drug-likeness (QED) is 0.771. The van der Waals surface area contributed by atoms with E-state index in [9.17, 15) is 8.42 Å². The first-order chi connectivity index (χ1) is 11.3. The van der Waals surface area contributed by atoms with Gasteiger partial charge in [0.1, 0.15) is 0 Å². The number of likely N-dealkylation sites (N-methyl/N-ethyl adjacent to an activating group) is 1. The highest BCUT2D eigenvalue weighted by atomic mass is 32.2. The van der Waals surface area contributed by atoms with Crippen LogP contribution in [0, 0.1) is 0 Å². The van der Waals surface area contributed by atoms with Crippen molar-refractivity contribution in [2.75, 3.05) is 45.0 Å². The second-order valence-corrected chi connectivity index (χ2v) is 9.04. The third-order valence-electron chi connectivity index (χ3n) is 4.90. The van der Waals surface area contributed by atoms with Gasteiger partial charge in [0.2, 0.25) is 10.0 Å². The molecule has 1 aliphatic heterocycles. The number of benzene rings is 1. The van der Waals surface area contributed by atoms with E-state index < -0.39 is 10.0 Å². The molecular weight excluding hydrogens is 322 g/mol. The topological polar surface area (TPSA) is 52.6 Å². The van der Waals surface area contributed by atoms with Crippen molar-refractivity contribution in [3.05, 3.63) is 35.9 Å². The van der Waals surface area contributed by atoms with Gasteiger partial charge in [0.15, 0.2) is 0 Å². The molecule has 0 saturated carbocycles. The molecule has 136 valence electrons. The number of hydrogen-bond acceptors (Lipinski definition) is 4. The maximum absolute atomic E-state index is 12.3. The summed E-state index contributed by atoms with van der Waals surface area (Å²) in [5.41, 5.74) is 0.887. The van der Waals surface area contributed by atoms with Gasteiger partial charge >= 0.3 is 0 Å². The standard InChI is InChI=1S/C18H31N3O2S/c1-4-20-11-13-21(14-12-20)18(2,3)16-19-24(22,23)15-10-17-8-6-5-7-9-17/h5-9,19H,4,10-16H2,1-3H3. The summed E-state index contributed by atoms with van der Waals surface area (Å²) in [6, 6.07) is 9.75. The Kier molecular flexibility index (Phi) is 6.80. The smallest absolute Gasteiger partial charge is 0.211 e. The summed E-state index contributed by atoms with van der Waals surface area (Å²) >= 11 is 0. The van der Waals surface area contributed by atoms with Crippen LogP contribution in [0.15, 0.2) is 30.3 Å². The van der Waals surface area contributed by atoms with E-state index in [4.69, 9.17) is 0 Å². The van der Waals surface area contributed by atoms with Crippen LogP contribution in [0.5, 0.6) is 0 Å². The van der Waals surface area contributed by atoms with Gasteiger partial charge in [-0.05, 0) is 32.4 Å². The van der Waals surface area contributed by atoms with Gasteiger partial charge < -0.3 is 4.90 Å². The van der Waals surface area contributed by atoms with Gasteiger partial charge in [-0.25, -0.2) is 13.1 Å². The predicted octanol–water partition coefficient (Wildman–Crippen LogP) is 1.56. The Morgan fingerprint density at radius 1 is 1.08 bits per heavy atom. The Morgan fingerprint density at radius 2 is 1.71 bits per heavy atom. The summed E-state index contributed by atoms with van der Waals surface area (Å²) in [6.07, 6.45) is 0.547. The lowest BCUT2D eigenvalue weighted by molar-refractivity contribution is 0.0571. The zero-order valence-electron chi connectivity index (χ0n) is 15.2. The molecule has 0 aliphatic carbocycles. The highest BCUT2D eigenvalue weighted by Crippen LogP contribution is 2.16. The van der Waals surface area contributed by atoms with Crippen molar-refractivity contribution in [3.8, 4) is 0 Å². The number of nitrogens with zero attached hydrogens (tertiary/aromatic N) is 2. The fourth-order valence-electron chi connectivity index (χ4n) is 3.04. The average Bonchev–Trinajstić information content (AvgIpc) is 2.60. The molecule has 24 heavy (non-hydrogen) atoms. The van der Waals surface area contributed by atoms with Crippen LogP contribution in [0.4, 0.5) is 0 Å². The lowest BCUT2D eigenvalue weighted by atomic mass is 10.0. The number of aryl methyl sites for hydroxylation is 1. The van der Waals surface area contributed by atoms with Crippen molar-refractivity contribution in [2.24, 2.45) is 0 Å². The molecule has 1 aromatic carbocycles. The SMILES string of the molecule is CCN1CCN(C(C)(C)CNS(=O)(=O)CCc2ccccc2)CC1. The summed E-state index contributed by atoms with van der Waals surface area (Å²) in [6.45, 7) is 12.1. The molecular formula is C18H31N3O2S. The van der Waals surface area contributed by atoms with Crippen molar-refractivity contribution in [3.63, 3.8) is 0 Å². The first-order valence-corrected chi connectivity index (χ1v) is 10.5. The number of sulfonamides is 1. The molecule has 5 nitrogen and oxygen atoms in total. The number of rotatable bonds is 8. The normalized spacial score (nSPS) is 18.0. The van der Waals surface area contributed by atoms with E-state index in [0.717, 1.165) is 38.3 Å². The van der Waals surface area contributed by atoms with Crippen LogP contribution in [-0.2, 0) is 16.4 Å². The van der Waals surface area contributed by atoms with Crippen LogP contribution in [-0.4, -0.2) is 68.8 Å². The van der Waals surface area contributed by atoms with Gasteiger partial charge in [0.05, 0.1) is 5.75 Å². The molecule has 0 atom stereocenters. The van der Waals surface area contributed by atoms with Gasteiger partial charge in [-0.3, -0.25) is 4.90 Å². The molecule has 0 spiro atoms. The highest BCUT2D eigenvalue weighted by molar-refractivity contribution is 7.89. The lowest BCUT2D eigenvalue weighted by Crippen LogP contribution is -2.58. The minimum atomic E-state index is -3.25. The molecule has 1 aliphatic rings. The third-order valence-corrected chi connectivity index (χ3v) is 6.23. The summed E-state index contributed by atoms with van der Waals surface area (Å²) in [5, 5.41) is 0. The maximum atomic E-state index is 12.3. The fourth-order valence-corrected chi connectivity index (χ4v) is 4.26. The van der Waals surface area contributed by atoms with Crippen LogP contribution in [0.1, 0.15) is 26.3 Å². The van der Waals surface area contributed by atoms with E-state index in [-0.39, 0.29) is 11.3 Å². The minimum absolute atomic E-state index is 0.136. The predicted molar refractivity (Wildman–Crippen MR) is 99.7 cm³/mol. The molecule has 0 aromatic heterocycles. The first kappa shape index (κ1) is 19.4. The van der Waals surface area contributed by atoms with E-state index in [1.165, 1.54) is 0 Å². The Hall–Kier alpha value is -0.950. The van der Waals surface area contributed by atoms with Gasteiger partial charge in [0, 0.05) is 38.3 Å². The monoisotopic (exact) mass is 353 g/mol. The van der Waals surface area contributed by atoms with Crippen LogP contribution in [0.2, 0.25) is 0 Å². The molecule has 1 aromatic rings. The zero-order valence-corrected chi connectivity index (χ0v) is 16.0. The van der Waals surface area contributed by atoms with Crippen molar-refractivity contribution >= 4 is 10.0 Å². The Morgan fingerprint density at radius 3 is 2.29 bits per heavy atom. The second-order valence-electron chi connectivity index (χ2n) is 7.11. The fraction of sp³-hybridized carbons (Fsp3) is 0.667. The van der Waals surface area contributed by atoms with Gasteiger partial charge in [0.25, 0.3) is 0 Å². The van der Waals surface area contributed by atoms with Crippen LogP contribution in [0.3, 0.4) is 0 Å². The van der Waals surface area contributed by atoms with E-state index in [2.05, 4.69) is 35.3 Å². The molecule has 0 bridgehead atoms. The molecule has 1 saturated heterocycles. The van der Waals surface area contributed by atoms with E-state index >= 15 is 0 Å². The third kappa shape index (κ3) is 5.84. The Bertz CT molecular complexity index is 594. The number of hydrogen-bond donors (Lipinski definition) is 1. The van der Waals surface area contributed by atoms with E-state index in [1.807, 2.05) is 30.3 Å². The van der Waals surface area contributed by atoms with E-state index in [1.54, 1.807) is 0 Å². The molecule has 1 N–H and O–H groups in total. The van der Waals surface area contributed by atoms with Crippen LogP contribution < -0.4 is 4.72 Å². The highest BCUT2D eigenvalue weighted by Gasteiger charge is 2.30. The van der Waals surface area contributed by atoms with Crippen molar-refractivity contribution in [1.82, 2.24) is 14.5 Å². The Balaban J connectivity index is 1.82. The van der Waals surface area contributed by atoms with E-state index in [0.29, 0.717) is 13.0 Å². The lowest BCUT2D eigenvalue weighted by Gasteiger charge is -2.44. The zero-order chi connectivity index (χ0) is 17.6. The Labute approximate surface area is 147 Å². The molecule has 1 fully saturated rings. The largest absolute Gasteiger partial charge is 0.301 e. The van der Waals surface area contributed by atoms with Gasteiger partial charge in [-0.1, -0.05) is 37.3 Å². The van der Waals surface area contributed by atoms with Crippen molar-refractivity contribution in [2.45, 2.75) is 32.7 Å². The number of nitrogens with one attached hydrogen (secondary N) is 1. The average molecular weight is 354 g/mol. The molecule has 6 heteroatoms.